The summed E-state index contributed by atoms with van der Waals surface area (Å²) in [6.45, 7) is 3.48. The molecule has 1 heterocycles. The second kappa shape index (κ2) is 13.7. The number of piperazine rings is 1. The van der Waals surface area contributed by atoms with E-state index in [0.29, 0.717) is 38.0 Å². The Balaban J connectivity index is 1.16. The van der Waals surface area contributed by atoms with Gasteiger partial charge < -0.3 is 20.3 Å². The van der Waals surface area contributed by atoms with Gasteiger partial charge in [0.1, 0.15) is 6.54 Å². The molecule has 0 spiro atoms. The summed E-state index contributed by atoms with van der Waals surface area (Å²) in [5.41, 5.74) is 3.72. The third-order valence-electron chi connectivity index (χ3n) is 8.32. The normalized spacial score (nSPS) is 15.6. The molecule has 11 heteroatoms. The van der Waals surface area contributed by atoms with E-state index < -0.39 is 24.4 Å². The van der Waals surface area contributed by atoms with Crippen LogP contribution >= 0.6 is 0 Å². The Kier molecular flexibility index (Phi) is 9.77. The molecule has 45 heavy (non-hydrogen) atoms. The third-order valence-corrected chi connectivity index (χ3v) is 8.32. The molecule has 1 fully saturated rings. The minimum Gasteiger partial charge on any atom is -0.433 e. The van der Waals surface area contributed by atoms with Gasteiger partial charge in [-0.1, -0.05) is 60.7 Å². The molecule has 3 amide bonds. The summed E-state index contributed by atoms with van der Waals surface area (Å²) in [6, 6.07) is 22.4. The maximum atomic E-state index is 12.9. The molecule has 8 nitrogen and oxygen atoms in total. The lowest BCUT2D eigenvalue weighted by Gasteiger charge is -2.35. The molecule has 0 bridgehead atoms. The third kappa shape index (κ3) is 7.83. The van der Waals surface area contributed by atoms with E-state index in [0.717, 1.165) is 53.9 Å². The van der Waals surface area contributed by atoms with Gasteiger partial charge in [0.2, 0.25) is 11.8 Å². The van der Waals surface area contributed by atoms with Gasteiger partial charge in [-0.15, -0.1) is 0 Å². The molecule has 3 aromatic carbocycles. The fourth-order valence-corrected chi connectivity index (χ4v) is 6.21. The highest BCUT2D eigenvalue weighted by Gasteiger charge is 2.46. The maximum Gasteiger partial charge on any atom is 0.408 e. The Morgan fingerprint density at radius 1 is 0.844 bits per heavy atom. The number of hydrogen-bond acceptors (Lipinski definition) is 5. The summed E-state index contributed by atoms with van der Waals surface area (Å²) in [7, 11) is 0. The molecule has 0 radical (unpaired) electrons. The Morgan fingerprint density at radius 2 is 1.44 bits per heavy atom. The second-order valence-corrected chi connectivity index (χ2v) is 11.5. The SMILES string of the molecule is CC(=O)Nc1ccc(CC(=O)N2CCN(CCCCC3(OC(=O)NCC(F)(F)F)c4ccccc4-c4ccccc43)CC2)cc1. The van der Waals surface area contributed by atoms with Gasteiger partial charge in [0, 0.05) is 49.9 Å². The minimum atomic E-state index is -4.55. The number of ether oxygens (including phenoxy) is 1. The lowest BCUT2D eigenvalue weighted by Crippen LogP contribution is -2.49. The quantitative estimate of drug-likeness (QED) is 0.283. The van der Waals surface area contributed by atoms with Gasteiger partial charge in [0.15, 0.2) is 5.60 Å². The van der Waals surface area contributed by atoms with Crippen molar-refractivity contribution in [2.75, 3.05) is 44.6 Å². The van der Waals surface area contributed by atoms with Crippen LogP contribution in [0.15, 0.2) is 72.8 Å². The number of anilines is 1. The number of alkyl halides is 3. The van der Waals surface area contributed by atoms with Gasteiger partial charge in [-0.05, 0) is 54.6 Å². The van der Waals surface area contributed by atoms with Crippen molar-refractivity contribution in [3.63, 3.8) is 0 Å². The molecular weight excluding hydrogens is 585 g/mol. The minimum absolute atomic E-state index is 0.0587. The van der Waals surface area contributed by atoms with Gasteiger partial charge >= 0.3 is 12.3 Å². The lowest BCUT2D eigenvalue weighted by molar-refractivity contribution is -0.132. The summed E-state index contributed by atoms with van der Waals surface area (Å²) in [4.78, 5) is 41.0. The van der Waals surface area contributed by atoms with E-state index in [1.807, 2.05) is 70.9 Å². The molecule has 0 saturated carbocycles. The van der Waals surface area contributed by atoms with Crippen molar-refractivity contribution in [2.45, 2.75) is 44.4 Å². The number of rotatable bonds is 10. The zero-order valence-corrected chi connectivity index (χ0v) is 25.2. The predicted molar refractivity (Wildman–Crippen MR) is 165 cm³/mol. The number of carbonyl (C=O) groups excluding carboxylic acids is 3. The average molecular weight is 623 g/mol. The van der Waals surface area contributed by atoms with Gasteiger partial charge in [-0.2, -0.15) is 13.2 Å². The highest BCUT2D eigenvalue weighted by molar-refractivity contribution is 5.88. The Hall–Kier alpha value is -4.38. The first kappa shape index (κ1) is 32.0. The lowest BCUT2D eigenvalue weighted by atomic mass is 9.86. The van der Waals surface area contributed by atoms with Gasteiger partial charge in [-0.25, -0.2) is 4.79 Å². The van der Waals surface area contributed by atoms with Crippen molar-refractivity contribution in [2.24, 2.45) is 0 Å². The van der Waals surface area contributed by atoms with E-state index in [1.165, 1.54) is 6.92 Å². The molecule has 1 aliphatic carbocycles. The van der Waals surface area contributed by atoms with Crippen LogP contribution in [0.25, 0.3) is 11.1 Å². The molecule has 0 unspecified atom stereocenters. The van der Waals surface area contributed by atoms with Crippen molar-refractivity contribution >= 4 is 23.6 Å². The Labute approximate surface area is 260 Å². The van der Waals surface area contributed by atoms with Crippen LogP contribution in [0, 0.1) is 0 Å². The van der Waals surface area contributed by atoms with Crippen LogP contribution in [0.2, 0.25) is 0 Å². The predicted octanol–water partition coefficient (Wildman–Crippen LogP) is 5.71. The van der Waals surface area contributed by atoms with Gasteiger partial charge in [0.05, 0.1) is 6.42 Å². The number of benzene rings is 3. The molecule has 0 atom stereocenters. The first-order valence-corrected chi connectivity index (χ1v) is 15.1. The van der Waals surface area contributed by atoms with Crippen LogP contribution in [0.5, 0.6) is 0 Å². The summed E-state index contributed by atoms with van der Waals surface area (Å²) in [6.07, 6.45) is -3.49. The Bertz CT molecular complexity index is 1470. The van der Waals surface area contributed by atoms with E-state index in [4.69, 9.17) is 4.74 Å². The molecular formula is C34H37F3N4O4. The zero-order chi connectivity index (χ0) is 32.0. The smallest absolute Gasteiger partial charge is 0.408 e. The van der Waals surface area contributed by atoms with Crippen LogP contribution in [0.1, 0.15) is 42.9 Å². The number of carbonyl (C=O) groups is 3. The monoisotopic (exact) mass is 622 g/mol. The summed E-state index contributed by atoms with van der Waals surface area (Å²) < 4.78 is 44.4. The molecule has 3 aromatic rings. The van der Waals surface area contributed by atoms with E-state index in [-0.39, 0.29) is 11.8 Å². The fourth-order valence-electron chi connectivity index (χ4n) is 6.21. The van der Waals surface area contributed by atoms with Crippen LogP contribution in [0.4, 0.5) is 23.7 Å². The average Bonchev–Trinajstić information content (AvgIpc) is 3.28. The van der Waals surface area contributed by atoms with Crippen molar-refractivity contribution in [1.82, 2.24) is 15.1 Å². The van der Waals surface area contributed by atoms with Crippen LogP contribution in [0.3, 0.4) is 0 Å². The number of unbranched alkanes of at least 4 members (excludes halogenated alkanes) is 1. The van der Waals surface area contributed by atoms with E-state index in [9.17, 15) is 27.6 Å². The standard InChI is InChI=1S/C34H37F3N4O4/c1-24(42)39-26-14-12-25(13-15-26)22-31(43)41-20-18-40(19-21-41)17-7-6-16-33(45-32(44)38-23-34(35,36)37)29-10-4-2-8-27(29)28-9-3-5-11-30(28)33/h2-5,8-15H,6-7,16-23H2,1H3,(H,38,44)(H,39,42). The number of alkyl carbamates (subject to hydrolysis) is 1. The Morgan fingerprint density at radius 3 is 2.02 bits per heavy atom. The highest BCUT2D eigenvalue weighted by Crippen LogP contribution is 2.52. The number of hydrogen-bond donors (Lipinski definition) is 2. The summed E-state index contributed by atoms with van der Waals surface area (Å²) >= 11 is 0. The zero-order valence-electron chi connectivity index (χ0n) is 25.2. The summed E-state index contributed by atoms with van der Waals surface area (Å²) in [5.74, 6) is -0.0885. The van der Waals surface area contributed by atoms with Crippen molar-refractivity contribution in [3.05, 3.63) is 89.5 Å². The maximum absolute atomic E-state index is 12.9. The van der Waals surface area contributed by atoms with Crippen LogP contribution in [-0.4, -0.2) is 73.2 Å². The molecule has 0 aromatic heterocycles. The van der Waals surface area contributed by atoms with Gasteiger partial charge in [0.25, 0.3) is 0 Å². The second-order valence-electron chi connectivity index (χ2n) is 11.5. The number of amides is 3. The molecule has 1 saturated heterocycles. The molecule has 1 aliphatic heterocycles. The topological polar surface area (TPSA) is 91.0 Å². The van der Waals surface area contributed by atoms with E-state index in [1.54, 1.807) is 12.1 Å². The van der Waals surface area contributed by atoms with E-state index in [2.05, 4.69) is 10.2 Å². The van der Waals surface area contributed by atoms with Crippen molar-refractivity contribution < 1.29 is 32.3 Å². The van der Waals surface area contributed by atoms with Crippen molar-refractivity contribution in [1.29, 1.82) is 0 Å². The van der Waals surface area contributed by atoms with Crippen LogP contribution < -0.4 is 10.6 Å². The number of nitrogens with one attached hydrogen (secondary N) is 2. The molecule has 238 valence electrons. The first-order valence-electron chi connectivity index (χ1n) is 15.1. The fraction of sp³-hybridized carbons (Fsp3) is 0.382. The first-order chi connectivity index (χ1) is 21.5. The molecule has 5 rings (SSSR count). The number of halogens is 3. The van der Waals surface area contributed by atoms with E-state index >= 15 is 0 Å². The largest absolute Gasteiger partial charge is 0.433 e. The van der Waals surface area contributed by atoms with Crippen molar-refractivity contribution in [3.8, 4) is 11.1 Å². The summed E-state index contributed by atoms with van der Waals surface area (Å²) in [5, 5.41) is 4.59. The molecule has 2 aliphatic rings. The van der Waals surface area contributed by atoms with Gasteiger partial charge in [-0.3, -0.25) is 14.5 Å². The highest BCUT2D eigenvalue weighted by atomic mass is 19.4. The van der Waals surface area contributed by atoms with Crippen LogP contribution in [-0.2, 0) is 26.3 Å². The number of fused-ring (bicyclic) bond motifs is 3. The number of nitrogens with zero attached hydrogens (tertiary/aromatic N) is 2. The molecule has 2 N–H and O–H groups in total.